The Balaban J connectivity index is 1.99. The van der Waals surface area contributed by atoms with Gasteiger partial charge in [0.05, 0.1) is 6.20 Å². The lowest BCUT2D eigenvalue weighted by atomic mass is 10.2. The van der Waals surface area contributed by atoms with Crippen LogP contribution in [0, 0.1) is 0 Å². The minimum absolute atomic E-state index is 0.220. The molecule has 19 heavy (non-hydrogen) atoms. The van der Waals surface area contributed by atoms with Crippen molar-refractivity contribution in [3.63, 3.8) is 0 Å². The minimum Gasteiger partial charge on any atom is -0.406 e. The number of alkyl halides is 3. The summed E-state index contributed by atoms with van der Waals surface area (Å²) >= 11 is 8.47. The van der Waals surface area contributed by atoms with Gasteiger partial charge in [-0.2, -0.15) is 0 Å². The summed E-state index contributed by atoms with van der Waals surface area (Å²) in [5.74, 6) is 0.279. The molecule has 0 N–H and O–H groups in total. The third-order valence-corrected chi connectivity index (χ3v) is 4.29. The Morgan fingerprint density at radius 3 is 2.79 bits per heavy atom. The van der Waals surface area contributed by atoms with Crippen molar-refractivity contribution < 1.29 is 17.9 Å². The summed E-state index contributed by atoms with van der Waals surface area (Å²) in [5, 5.41) is 0. The van der Waals surface area contributed by atoms with Crippen molar-refractivity contribution in [3.05, 3.63) is 40.4 Å². The van der Waals surface area contributed by atoms with Crippen LogP contribution in [-0.4, -0.2) is 11.3 Å². The second kappa shape index (κ2) is 6.02. The Hall–Kier alpha value is -0.920. The molecule has 1 heterocycles. The third-order valence-electron chi connectivity index (χ3n) is 1.95. The molecular weight excluding hydrogens is 319 g/mol. The van der Waals surface area contributed by atoms with Crippen molar-refractivity contribution in [2.45, 2.75) is 16.5 Å². The zero-order valence-corrected chi connectivity index (χ0v) is 11.7. The Bertz CT molecular complexity index is 559. The molecular formula is C11H7ClF3NOS2. The minimum atomic E-state index is -4.67. The summed E-state index contributed by atoms with van der Waals surface area (Å²) in [6, 6.07) is 5.87. The van der Waals surface area contributed by atoms with Crippen molar-refractivity contribution in [1.82, 2.24) is 4.98 Å². The Morgan fingerprint density at radius 1 is 1.37 bits per heavy atom. The van der Waals surface area contributed by atoms with Gasteiger partial charge in [-0.25, -0.2) is 4.98 Å². The van der Waals surface area contributed by atoms with Gasteiger partial charge in [0.15, 0.2) is 4.34 Å². The summed E-state index contributed by atoms with van der Waals surface area (Å²) in [6.45, 7) is 0. The fourth-order valence-electron chi connectivity index (χ4n) is 1.28. The molecule has 2 rings (SSSR count). The first-order chi connectivity index (χ1) is 8.92. The Kier molecular flexibility index (Phi) is 4.59. The molecule has 0 atom stereocenters. The van der Waals surface area contributed by atoms with E-state index in [9.17, 15) is 13.2 Å². The van der Waals surface area contributed by atoms with Crippen molar-refractivity contribution in [1.29, 1.82) is 0 Å². The molecule has 0 fully saturated rings. The lowest BCUT2D eigenvalue weighted by Crippen LogP contribution is -2.17. The summed E-state index contributed by atoms with van der Waals surface area (Å²) in [7, 11) is 0. The number of aromatic nitrogens is 1. The van der Waals surface area contributed by atoms with E-state index in [2.05, 4.69) is 9.72 Å². The van der Waals surface area contributed by atoms with Gasteiger partial charge in [0.1, 0.15) is 10.1 Å². The van der Waals surface area contributed by atoms with Gasteiger partial charge >= 0.3 is 6.36 Å². The molecule has 0 saturated carbocycles. The molecule has 0 amide bonds. The first kappa shape index (κ1) is 14.5. The van der Waals surface area contributed by atoms with Crippen molar-refractivity contribution in [2.75, 3.05) is 0 Å². The number of thioether (sulfide) groups is 1. The maximum Gasteiger partial charge on any atom is 0.573 e. The smallest absolute Gasteiger partial charge is 0.406 e. The van der Waals surface area contributed by atoms with E-state index in [1.165, 1.54) is 47.5 Å². The Morgan fingerprint density at radius 2 is 2.16 bits per heavy atom. The van der Waals surface area contributed by atoms with E-state index >= 15 is 0 Å². The van der Waals surface area contributed by atoms with Crippen LogP contribution in [0.3, 0.4) is 0 Å². The average molecular weight is 326 g/mol. The van der Waals surface area contributed by atoms with E-state index < -0.39 is 6.36 Å². The predicted octanol–water partition coefficient (Wildman–Crippen LogP) is 4.99. The second-order valence-electron chi connectivity index (χ2n) is 3.41. The van der Waals surface area contributed by atoms with Crippen molar-refractivity contribution in [3.8, 4) is 5.75 Å². The molecule has 1 aromatic carbocycles. The summed E-state index contributed by atoms with van der Waals surface area (Å²) in [4.78, 5) is 4.05. The first-order valence-electron chi connectivity index (χ1n) is 5.01. The molecule has 2 aromatic rings. The standard InChI is InChI=1S/C11H7ClF3NOS2/c12-9-5-16-10(19-9)18-6-7-2-1-3-8(4-7)17-11(13,14)15/h1-5H,6H2. The molecule has 0 unspecified atom stereocenters. The van der Waals surface area contributed by atoms with Gasteiger partial charge in [-0.1, -0.05) is 46.8 Å². The lowest BCUT2D eigenvalue weighted by molar-refractivity contribution is -0.274. The zero-order chi connectivity index (χ0) is 13.9. The summed E-state index contributed by atoms with van der Waals surface area (Å²) in [5.41, 5.74) is 0.720. The first-order valence-corrected chi connectivity index (χ1v) is 7.19. The fraction of sp³-hybridized carbons (Fsp3) is 0.182. The third kappa shape index (κ3) is 4.93. The summed E-state index contributed by atoms with van der Waals surface area (Å²) in [6.07, 6.45) is -3.13. The highest BCUT2D eigenvalue weighted by Gasteiger charge is 2.31. The maximum absolute atomic E-state index is 12.1. The van der Waals surface area contributed by atoms with Crippen LogP contribution in [-0.2, 0) is 5.75 Å². The number of nitrogens with zero attached hydrogens (tertiary/aromatic N) is 1. The van der Waals surface area contributed by atoms with Crippen LogP contribution in [0.5, 0.6) is 5.75 Å². The predicted molar refractivity (Wildman–Crippen MR) is 69.8 cm³/mol. The van der Waals surface area contributed by atoms with Gasteiger partial charge in [0.25, 0.3) is 0 Å². The van der Waals surface area contributed by atoms with Gasteiger partial charge in [-0.05, 0) is 17.7 Å². The van der Waals surface area contributed by atoms with Crippen LogP contribution in [0.1, 0.15) is 5.56 Å². The lowest BCUT2D eigenvalue weighted by Gasteiger charge is -2.09. The molecule has 0 saturated heterocycles. The van der Waals surface area contributed by atoms with Gasteiger partial charge in [-0.3, -0.25) is 0 Å². The van der Waals surface area contributed by atoms with Gasteiger partial charge < -0.3 is 4.74 Å². The molecule has 0 bridgehead atoms. The number of rotatable bonds is 4. The van der Waals surface area contributed by atoms with Gasteiger partial charge in [0.2, 0.25) is 0 Å². The van der Waals surface area contributed by atoms with E-state index in [4.69, 9.17) is 11.6 Å². The highest BCUT2D eigenvalue weighted by atomic mass is 35.5. The van der Waals surface area contributed by atoms with E-state index in [0.29, 0.717) is 10.1 Å². The SMILES string of the molecule is FC(F)(F)Oc1cccc(CSc2ncc(Cl)s2)c1. The highest BCUT2D eigenvalue weighted by molar-refractivity contribution is 8.00. The van der Waals surface area contributed by atoms with Crippen LogP contribution in [0.15, 0.2) is 34.8 Å². The number of hydrogen-bond acceptors (Lipinski definition) is 4. The summed E-state index contributed by atoms with van der Waals surface area (Å²) < 4.78 is 41.4. The van der Waals surface area contributed by atoms with E-state index in [-0.39, 0.29) is 5.75 Å². The number of ether oxygens (including phenoxy) is 1. The molecule has 0 aliphatic heterocycles. The van der Waals surface area contributed by atoms with Crippen molar-refractivity contribution in [2.24, 2.45) is 0 Å². The molecule has 0 aliphatic rings. The van der Waals surface area contributed by atoms with Crippen LogP contribution < -0.4 is 4.74 Å². The molecule has 8 heteroatoms. The van der Waals surface area contributed by atoms with Gasteiger partial charge in [-0.15, -0.1) is 13.2 Å². The largest absolute Gasteiger partial charge is 0.573 e. The Labute approximate surface area is 120 Å². The van der Waals surface area contributed by atoms with Crippen LogP contribution in [0.25, 0.3) is 0 Å². The fourth-order valence-corrected chi connectivity index (χ4v) is 3.35. The van der Waals surface area contributed by atoms with E-state index in [1.807, 2.05) is 0 Å². The normalized spacial score (nSPS) is 11.6. The molecule has 102 valence electrons. The molecule has 0 radical (unpaired) electrons. The maximum atomic E-state index is 12.1. The van der Waals surface area contributed by atoms with Crippen LogP contribution in [0.2, 0.25) is 4.34 Å². The number of hydrogen-bond donors (Lipinski definition) is 0. The molecule has 0 aliphatic carbocycles. The molecule has 2 nitrogen and oxygen atoms in total. The van der Waals surface area contributed by atoms with E-state index in [0.717, 1.165) is 9.90 Å². The number of benzene rings is 1. The van der Waals surface area contributed by atoms with Crippen molar-refractivity contribution >= 4 is 34.7 Å². The number of halogens is 4. The van der Waals surface area contributed by atoms with E-state index in [1.54, 1.807) is 6.07 Å². The van der Waals surface area contributed by atoms with Crippen LogP contribution in [0.4, 0.5) is 13.2 Å². The molecule has 1 aromatic heterocycles. The molecule has 0 spiro atoms. The number of thiazole rings is 1. The average Bonchev–Trinajstić information content (AvgIpc) is 2.71. The zero-order valence-electron chi connectivity index (χ0n) is 9.28. The topological polar surface area (TPSA) is 22.1 Å². The quantitative estimate of drug-likeness (QED) is 0.739. The highest BCUT2D eigenvalue weighted by Crippen LogP contribution is 2.31. The second-order valence-corrected chi connectivity index (χ2v) is 6.30. The van der Waals surface area contributed by atoms with Gasteiger partial charge in [0, 0.05) is 5.75 Å². The monoisotopic (exact) mass is 325 g/mol. The van der Waals surface area contributed by atoms with Crippen LogP contribution >= 0.6 is 34.7 Å².